The van der Waals surface area contributed by atoms with Gasteiger partial charge in [-0.3, -0.25) is 0 Å². The summed E-state index contributed by atoms with van der Waals surface area (Å²) < 4.78 is 83.8. The van der Waals surface area contributed by atoms with E-state index in [-0.39, 0.29) is 42.8 Å². The summed E-state index contributed by atoms with van der Waals surface area (Å²) in [6.07, 6.45) is 3.66. The molecule has 0 saturated carbocycles. The van der Waals surface area contributed by atoms with E-state index in [0.29, 0.717) is 12.2 Å². The van der Waals surface area contributed by atoms with E-state index in [1.807, 2.05) is 6.07 Å². The van der Waals surface area contributed by atoms with Gasteiger partial charge in [-0.1, -0.05) is 30.3 Å². The molecule has 3 aromatic carbocycles. The zero-order chi connectivity index (χ0) is 25.8. The number of halogens is 5. The third-order valence-electron chi connectivity index (χ3n) is 6.59. The van der Waals surface area contributed by atoms with Crippen LogP contribution in [-0.2, 0) is 17.6 Å². The average Bonchev–Trinajstić information content (AvgIpc) is 2.89. The Morgan fingerprint density at radius 2 is 1.53 bits per heavy atom. The number of benzene rings is 3. The van der Waals surface area contributed by atoms with Crippen LogP contribution in [0.15, 0.2) is 55.1 Å². The first-order chi connectivity index (χ1) is 17.3. The van der Waals surface area contributed by atoms with Gasteiger partial charge in [0.15, 0.2) is 23.2 Å². The second-order valence-electron chi connectivity index (χ2n) is 8.81. The van der Waals surface area contributed by atoms with Crippen LogP contribution in [0.2, 0.25) is 0 Å². The number of hydrogen-bond acceptors (Lipinski definition) is 2. The highest BCUT2D eigenvalue weighted by molar-refractivity contribution is 5.66. The van der Waals surface area contributed by atoms with Gasteiger partial charge in [0.1, 0.15) is 5.82 Å². The summed E-state index contributed by atoms with van der Waals surface area (Å²) in [5.74, 6) is -5.68. The first kappa shape index (κ1) is 25.9. The van der Waals surface area contributed by atoms with Crippen LogP contribution in [0, 0.1) is 29.1 Å². The molecule has 1 aliphatic rings. The summed E-state index contributed by atoms with van der Waals surface area (Å²) in [4.78, 5) is 0. The molecule has 0 aliphatic carbocycles. The lowest BCUT2D eigenvalue weighted by Gasteiger charge is -2.27. The predicted octanol–water partition coefficient (Wildman–Crippen LogP) is 7.68. The van der Waals surface area contributed by atoms with E-state index in [4.69, 9.17) is 9.47 Å². The Balaban J connectivity index is 1.48. The van der Waals surface area contributed by atoms with Crippen LogP contribution in [0.25, 0.3) is 11.1 Å². The molecule has 0 bridgehead atoms. The molecule has 0 N–H and O–H groups in total. The number of hydrogen-bond donors (Lipinski definition) is 0. The third-order valence-corrected chi connectivity index (χ3v) is 6.59. The predicted molar refractivity (Wildman–Crippen MR) is 129 cm³/mol. The molecule has 1 saturated heterocycles. The minimum atomic E-state index is -1.32. The van der Waals surface area contributed by atoms with Crippen molar-refractivity contribution in [3.8, 4) is 16.9 Å². The van der Waals surface area contributed by atoms with Crippen LogP contribution in [0.1, 0.15) is 42.4 Å². The van der Waals surface area contributed by atoms with Crippen molar-refractivity contribution in [2.45, 2.75) is 44.6 Å². The molecule has 0 spiro atoms. The van der Waals surface area contributed by atoms with Gasteiger partial charge in [-0.05, 0) is 67.5 Å². The second kappa shape index (κ2) is 11.2. The highest BCUT2D eigenvalue weighted by atomic mass is 19.2. The standard InChI is InChI=1S/C29H27F5O2/c1-3-21-11-9-20(16-36-21)19-8-6-17(24(30)15-19)5-7-18-10-12-22(27(32)26(18)31)23-13-14-25(35-4-2)29(34)28(23)33/h3,6,8,10,12-15,20-21H,1,4-5,7,9,11,16H2,2H3. The monoisotopic (exact) mass is 502 g/mol. The molecular weight excluding hydrogens is 475 g/mol. The summed E-state index contributed by atoms with van der Waals surface area (Å²) in [6, 6.07) is 9.79. The zero-order valence-electron chi connectivity index (χ0n) is 19.9. The van der Waals surface area contributed by atoms with Crippen LogP contribution in [0.3, 0.4) is 0 Å². The van der Waals surface area contributed by atoms with Crippen molar-refractivity contribution in [3.63, 3.8) is 0 Å². The first-order valence-corrected chi connectivity index (χ1v) is 11.9. The van der Waals surface area contributed by atoms with Crippen LogP contribution >= 0.6 is 0 Å². The summed E-state index contributed by atoms with van der Waals surface area (Å²) in [6.45, 7) is 5.96. The van der Waals surface area contributed by atoms with Gasteiger partial charge in [-0.2, -0.15) is 4.39 Å². The molecule has 0 amide bonds. The molecule has 2 nitrogen and oxygen atoms in total. The molecule has 0 radical (unpaired) electrons. The van der Waals surface area contributed by atoms with Crippen molar-refractivity contribution < 1.29 is 31.4 Å². The van der Waals surface area contributed by atoms with Crippen LogP contribution < -0.4 is 4.74 Å². The van der Waals surface area contributed by atoms with Crippen LogP contribution in [0.5, 0.6) is 5.75 Å². The average molecular weight is 503 g/mol. The van der Waals surface area contributed by atoms with Crippen molar-refractivity contribution in [1.29, 1.82) is 0 Å². The molecule has 1 fully saturated rings. The van der Waals surface area contributed by atoms with Gasteiger partial charge in [0, 0.05) is 17.0 Å². The van der Waals surface area contributed by atoms with E-state index in [0.717, 1.165) is 24.5 Å². The Hall–Kier alpha value is -3.19. The number of aryl methyl sites for hydroxylation is 2. The lowest BCUT2D eigenvalue weighted by atomic mass is 9.90. The molecule has 190 valence electrons. The highest BCUT2D eigenvalue weighted by Gasteiger charge is 2.23. The second-order valence-corrected chi connectivity index (χ2v) is 8.81. The van der Waals surface area contributed by atoms with Crippen molar-refractivity contribution in [2.75, 3.05) is 13.2 Å². The van der Waals surface area contributed by atoms with E-state index in [2.05, 4.69) is 6.58 Å². The van der Waals surface area contributed by atoms with Gasteiger partial charge in [-0.25, -0.2) is 17.6 Å². The fourth-order valence-electron chi connectivity index (χ4n) is 4.51. The molecule has 7 heteroatoms. The molecular formula is C29H27F5O2. The van der Waals surface area contributed by atoms with Crippen LogP contribution in [0.4, 0.5) is 22.0 Å². The third kappa shape index (κ3) is 5.31. The summed E-state index contributed by atoms with van der Waals surface area (Å²) in [5.41, 5.74) is 0.418. The van der Waals surface area contributed by atoms with Gasteiger partial charge in [0.25, 0.3) is 0 Å². The van der Waals surface area contributed by atoms with E-state index in [9.17, 15) is 22.0 Å². The molecule has 0 aromatic heterocycles. The van der Waals surface area contributed by atoms with Gasteiger partial charge in [-0.15, -0.1) is 6.58 Å². The molecule has 1 aliphatic heterocycles. The summed E-state index contributed by atoms with van der Waals surface area (Å²) in [5, 5.41) is 0. The molecule has 2 atom stereocenters. The highest BCUT2D eigenvalue weighted by Crippen LogP contribution is 2.34. The molecule has 36 heavy (non-hydrogen) atoms. The minimum Gasteiger partial charge on any atom is -0.491 e. The maximum atomic E-state index is 14.8. The lowest BCUT2D eigenvalue weighted by molar-refractivity contribution is 0.0328. The van der Waals surface area contributed by atoms with Crippen molar-refractivity contribution in [1.82, 2.24) is 0 Å². The minimum absolute atomic E-state index is 0.0164. The Kier molecular flexibility index (Phi) is 8.09. The van der Waals surface area contributed by atoms with Gasteiger partial charge in [0.05, 0.1) is 19.3 Å². The van der Waals surface area contributed by atoms with Gasteiger partial charge >= 0.3 is 0 Å². The lowest BCUT2D eigenvalue weighted by Crippen LogP contribution is -2.23. The van der Waals surface area contributed by atoms with Crippen LogP contribution in [-0.4, -0.2) is 19.3 Å². The summed E-state index contributed by atoms with van der Waals surface area (Å²) >= 11 is 0. The molecule has 4 rings (SSSR count). The SMILES string of the molecule is C=CC1CCC(c2ccc(CCc3ccc(-c4ccc(OCC)c(F)c4F)c(F)c3F)c(F)c2)CO1. The number of rotatable bonds is 8. The number of ether oxygens (including phenoxy) is 2. The van der Waals surface area contributed by atoms with Gasteiger partial charge < -0.3 is 9.47 Å². The first-order valence-electron chi connectivity index (χ1n) is 11.9. The van der Waals surface area contributed by atoms with E-state index in [1.165, 1.54) is 24.3 Å². The molecule has 3 aromatic rings. The van der Waals surface area contributed by atoms with Gasteiger partial charge in [0.2, 0.25) is 5.82 Å². The Morgan fingerprint density at radius 1 is 0.861 bits per heavy atom. The quantitative estimate of drug-likeness (QED) is 0.232. The molecule has 1 heterocycles. The van der Waals surface area contributed by atoms with E-state index < -0.39 is 40.2 Å². The fraction of sp³-hybridized carbons (Fsp3) is 0.310. The Labute approximate surface area is 207 Å². The fourth-order valence-corrected chi connectivity index (χ4v) is 4.51. The topological polar surface area (TPSA) is 18.5 Å². The zero-order valence-corrected chi connectivity index (χ0v) is 19.9. The Morgan fingerprint density at radius 3 is 2.17 bits per heavy atom. The van der Waals surface area contributed by atoms with E-state index >= 15 is 0 Å². The Bertz CT molecular complexity index is 1250. The van der Waals surface area contributed by atoms with Crippen molar-refractivity contribution >= 4 is 0 Å². The maximum Gasteiger partial charge on any atom is 0.201 e. The van der Waals surface area contributed by atoms with Crippen molar-refractivity contribution in [3.05, 3.63) is 101 Å². The summed E-state index contributed by atoms with van der Waals surface area (Å²) in [7, 11) is 0. The molecule has 2 unspecified atom stereocenters. The normalized spacial score (nSPS) is 17.7. The van der Waals surface area contributed by atoms with Crippen molar-refractivity contribution in [2.24, 2.45) is 0 Å². The largest absolute Gasteiger partial charge is 0.491 e. The van der Waals surface area contributed by atoms with E-state index in [1.54, 1.807) is 19.1 Å². The maximum absolute atomic E-state index is 14.8. The smallest absolute Gasteiger partial charge is 0.201 e.